The van der Waals surface area contributed by atoms with E-state index in [1.54, 1.807) is 12.3 Å². The number of nitrogens with one attached hydrogen (secondary N) is 1. The molecule has 114 valence electrons. The van der Waals surface area contributed by atoms with Crippen molar-refractivity contribution in [3.8, 4) is 0 Å². The molecule has 0 radical (unpaired) electrons. The topological polar surface area (TPSA) is 77.1 Å². The molecule has 0 spiro atoms. The number of hydrogen-bond acceptors (Lipinski definition) is 3. The van der Waals surface area contributed by atoms with E-state index < -0.39 is 10.0 Å². The van der Waals surface area contributed by atoms with E-state index >= 15 is 0 Å². The highest BCUT2D eigenvalue weighted by Gasteiger charge is 2.39. The third-order valence-electron chi connectivity index (χ3n) is 4.28. The fraction of sp³-hybridized carbons (Fsp3) is 0.714. The fourth-order valence-corrected chi connectivity index (χ4v) is 4.36. The third-order valence-corrected chi connectivity index (χ3v) is 5.83. The van der Waals surface area contributed by atoms with Crippen LogP contribution < -0.4 is 10.5 Å². The van der Waals surface area contributed by atoms with Crippen LogP contribution in [0.2, 0.25) is 0 Å². The predicted molar refractivity (Wildman–Crippen MR) is 79.8 cm³/mol. The van der Waals surface area contributed by atoms with Gasteiger partial charge in [0.15, 0.2) is 0 Å². The van der Waals surface area contributed by atoms with Gasteiger partial charge in [0.05, 0.1) is 4.90 Å². The summed E-state index contributed by atoms with van der Waals surface area (Å²) < 4.78 is 29.9. The van der Waals surface area contributed by atoms with E-state index in [1.165, 1.54) is 0 Å². The number of hydrogen-bond donors (Lipinski definition) is 2. The number of nitrogens with zero attached hydrogens (tertiary/aromatic N) is 1. The van der Waals surface area contributed by atoms with Crippen molar-refractivity contribution < 1.29 is 8.42 Å². The average Bonchev–Trinajstić information content (AvgIpc) is 2.78. The number of nitrogens with two attached hydrogens (primary N) is 1. The highest BCUT2D eigenvalue weighted by molar-refractivity contribution is 7.89. The molecular weight excluding hydrogens is 274 g/mol. The van der Waals surface area contributed by atoms with Crippen molar-refractivity contribution in [2.45, 2.75) is 69.5 Å². The van der Waals surface area contributed by atoms with Crippen LogP contribution in [-0.2, 0) is 23.1 Å². The Balaban J connectivity index is 2.25. The summed E-state index contributed by atoms with van der Waals surface area (Å²) in [5.41, 5.74) is 6.33. The molecule has 1 aromatic heterocycles. The highest BCUT2D eigenvalue weighted by atomic mass is 32.2. The largest absolute Gasteiger partial charge is 0.349 e. The van der Waals surface area contributed by atoms with Gasteiger partial charge in [-0.2, -0.15) is 0 Å². The van der Waals surface area contributed by atoms with Crippen LogP contribution in [0.5, 0.6) is 0 Å². The lowest BCUT2D eigenvalue weighted by molar-refractivity contribution is 0.214. The second kappa shape index (κ2) is 5.87. The summed E-state index contributed by atoms with van der Waals surface area (Å²) in [4.78, 5) is 0.339. The van der Waals surface area contributed by atoms with Crippen molar-refractivity contribution in [3.05, 3.63) is 18.0 Å². The van der Waals surface area contributed by atoms with Gasteiger partial charge in [-0.3, -0.25) is 0 Å². The van der Waals surface area contributed by atoms with Crippen molar-refractivity contribution in [2.75, 3.05) is 0 Å². The number of aryl methyl sites for hydroxylation is 1. The molecule has 0 amide bonds. The predicted octanol–water partition coefficient (Wildman–Crippen LogP) is 1.97. The van der Waals surface area contributed by atoms with Crippen LogP contribution in [0.3, 0.4) is 0 Å². The Kier molecular flexibility index (Phi) is 4.56. The lowest BCUT2D eigenvalue weighted by atomic mass is 9.76. The molecule has 1 fully saturated rings. The average molecular weight is 299 g/mol. The van der Waals surface area contributed by atoms with E-state index in [0.29, 0.717) is 11.4 Å². The van der Waals surface area contributed by atoms with E-state index in [4.69, 9.17) is 5.73 Å². The summed E-state index contributed by atoms with van der Waals surface area (Å²) in [7, 11) is -3.45. The van der Waals surface area contributed by atoms with Crippen LogP contribution in [0.25, 0.3) is 0 Å². The molecule has 1 aromatic rings. The van der Waals surface area contributed by atoms with E-state index in [9.17, 15) is 8.42 Å². The number of aromatic nitrogens is 1. The van der Waals surface area contributed by atoms with Gasteiger partial charge in [0.25, 0.3) is 0 Å². The first-order chi connectivity index (χ1) is 9.46. The lowest BCUT2D eigenvalue weighted by Crippen LogP contribution is -2.52. The summed E-state index contributed by atoms with van der Waals surface area (Å²) in [5.74, 6) is 0. The summed E-state index contributed by atoms with van der Waals surface area (Å²) in [6.07, 6.45) is 6.46. The van der Waals surface area contributed by atoms with E-state index in [0.717, 1.165) is 44.3 Å². The Bertz CT molecular complexity index is 553. The zero-order chi connectivity index (χ0) is 14.8. The molecule has 20 heavy (non-hydrogen) atoms. The summed E-state index contributed by atoms with van der Waals surface area (Å²) >= 11 is 0. The van der Waals surface area contributed by atoms with Crippen LogP contribution in [0.4, 0.5) is 0 Å². The molecule has 1 heterocycles. The molecule has 0 atom stereocenters. The van der Waals surface area contributed by atoms with E-state index in [1.807, 2.05) is 11.5 Å². The molecule has 0 aromatic carbocycles. The minimum absolute atomic E-state index is 0.228. The Morgan fingerprint density at radius 3 is 2.55 bits per heavy atom. The van der Waals surface area contributed by atoms with Crippen LogP contribution >= 0.6 is 0 Å². The molecule has 1 aliphatic rings. The maximum Gasteiger partial charge on any atom is 0.242 e. The Morgan fingerprint density at radius 1 is 1.40 bits per heavy atom. The van der Waals surface area contributed by atoms with Gasteiger partial charge in [-0.1, -0.05) is 13.8 Å². The molecule has 0 saturated heterocycles. The normalized spacial score (nSPS) is 17.9. The van der Waals surface area contributed by atoms with Gasteiger partial charge >= 0.3 is 0 Å². The minimum atomic E-state index is -3.45. The number of sulfonamides is 1. The van der Waals surface area contributed by atoms with Gasteiger partial charge < -0.3 is 10.3 Å². The monoisotopic (exact) mass is 299 g/mol. The Hall–Kier alpha value is -0.850. The van der Waals surface area contributed by atoms with Crippen molar-refractivity contribution >= 4 is 10.0 Å². The maximum atomic E-state index is 12.5. The summed E-state index contributed by atoms with van der Waals surface area (Å²) in [6, 6.07) is 1.69. The Morgan fingerprint density at radius 2 is 2.10 bits per heavy atom. The van der Waals surface area contributed by atoms with Gasteiger partial charge in [0, 0.05) is 30.5 Å². The second-order valence-electron chi connectivity index (χ2n) is 5.66. The van der Waals surface area contributed by atoms with Crippen LogP contribution in [0, 0.1) is 0 Å². The first-order valence-electron chi connectivity index (χ1n) is 7.39. The summed E-state index contributed by atoms with van der Waals surface area (Å²) in [5, 5.41) is 0. The third kappa shape index (κ3) is 2.92. The zero-order valence-corrected chi connectivity index (χ0v) is 13.2. The standard InChI is InChI=1S/C14H25N3O2S/c1-3-8-17-11-13(9-12(17)10-15)20(18,19)16-14(4-2)6-5-7-14/h9,11,16H,3-8,10,15H2,1-2H3. The quantitative estimate of drug-likeness (QED) is 0.808. The van der Waals surface area contributed by atoms with Gasteiger partial charge in [-0.25, -0.2) is 13.1 Å². The van der Waals surface area contributed by atoms with Crippen LogP contribution in [-0.4, -0.2) is 18.5 Å². The zero-order valence-electron chi connectivity index (χ0n) is 12.4. The van der Waals surface area contributed by atoms with Gasteiger partial charge in [-0.05, 0) is 38.2 Å². The SMILES string of the molecule is CCCn1cc(S(=O)(=O)NC2(CC)CCC2)cc1CN. The molecule has 0 bridgehead atoms. The fourth-order valence-electron chi connectivity index (χ4n) is 2.77. The van der Waals surface area contributed by atoms with Crippen LogP contribution in [0.15, 0.2) is 17.2 Å². The lowest BCUT2D eigenvalue weighted by Gasteiger charge is -2.41. The maximum absolute atomic E-state index is 12.5. The highest BCUT2D eigenvalue weighted by Crippen LogP contribution is 2.36. The molecular formula is C14H25N3O2S. The molecule has 1 aliphatic carbocycles. The van der Waals surface area contributed by atoms with Gasteiger partial charge in [0.1, 0.15) is 0 Å². The first kappa shape index (κ1) is 15.5. The molecule has 5 nitrogen and oxygen atoms in total. The molecule has 3 N–H and O–H groups in total. The first-order valence-corrected chi connectivity index (χ1v) is 8.88. The smallest absolute Gasteiger partial charge is 0.242 e. The molecule has 6 heteroatoms. The van der Waals surface area contributed by atoms with Crippen molar-refractivity contribution in [1.29, 1.82) is 0 Å². The molecule has 1 saturated carbocycles. The van der Waals surface area contributed by atoms with Crippen molar-refractivity contribution in [3.63, 3.8) is 0 Å². The molecule has 0 aliphatic heterocycles. The summed E-state index contributed by atoms with van der Waals surface area (Å²) in [6.45, 7) is 5.25. The van der Waals surface area contributed by atoms with Crippen molar-refractivity contribution in [1.82, 2.24) is 9.29 Å². The molecule has 0 unspecified atom stereocenters. The van der Waals surface area contributed by atoms with E-state index in [2.05, 4.69) is 11.6 Å². The van der Waals surface area contributed by atoms with Gasteiger partial charge in [0.2, 0.25) is 10.0 Å². The minimum Gasteiger partial charge on any atom is -0.349 e. The molecule has 2 rings (SSSR count). The Labute approximate surface area is 121 Å². The number of rotatable bonds is 7. The van der Waals surface area contributed by atoms with E-state index in [-0.39, 0.29) is 5.54 Å². The second-order valence-corrected chi connectivity index (χ2v) is 7.34. The van der Waals surface area contributed by atoms with Gasteiger partial charge in [-0.15, -0.1) is 0 Å². The van der Waals surface area contributed by atoms with Crippen molar-refractivity contribution in [2.24, 2.45) is 5.73 Å². The van der Waals surface area contributed by atoms with Crippen LogP contribution in [0.1, 0.15) is 51.6 Å².